The molecule has 0 saturated heterocycles. The second-order valence-electron chi connectivity index (χ2n) is 4.72. The maximum Gasteiger partial charge on any atom is 0.262 e. The van der Waals surface area contributed by atoms with Crippen molar-refractivity contribution in [1.82, 2.24) is 5.32 Å². The van der Waals surface area contributed by atoms with Gasteiger partial charge in [-0.25, -0.2) is 8.42 Å². The predicted molar refractivity (Wildman–Crippen MR) is 86.0 cm³/mol. The average molecular weight is 373 g/mol. The molecule has 0 aromatic heterocycles. The molecule has 0 spiro atoms. The molecule has 0 radical (unpaired) electrons. The van der Waals surface area contributed by atoms with E-state index in [0.717, 1.165) is 25.3 Å². The number of hydrogen-bond acceptors (Lipinski definition) is 3. The summed E-state index contributed by atoms with van der Waals surface area (Å²) in [7, 11) is 1.21. The fourth-order valence-corrected chi connectivity index (χ4v) is 3.53. The summed E-state index contributed by atoms with van der Waals surface area (Å²) in [5.41, 5.74) is 0.104. The third-order valence-electron chi connectivity index (χ3n) is 2.89. The Kier molecular flexibility index (Phi) is 6.78. The molecule has 0 aliphatic rings. The van der Waals surface area contributed by atoms with Crippen LogP contribution in [0.2, 0.25) is 10.0 Å². The zero-order valence-corrected chi connectivity index (χ0v) is 14.7. The summed E-state index contributed by atoms with van der Waals surface area (Å²) in [6, 6.07) is 2.42. The number of hydrogen-bond donors (Lipinski definition) is 1. The molecule has 21 heavy (non-hydrogen) atoms. The second kappa shape index (κ2) is 7.68. The lowest BCUT2D eigenvalue weighted by atomic mass is 10.1. The second-order valence-corrected chi connectivity index (χ2v) is 8.04. The maximum absolute atomic E-state index is 12.1. The van der Waals surface area contributed by atoms with Crippen LogP contribution in [0.25, 0.3) is 0 Å². The van der Waals surface area contributed by atoms with Crippen LogP contribution >= 0.6 is 33.9 Å². The number of amides is 1. The first-order valence-electron chi connectivity index (χ1n) is 6.41. The van der Waals surface area contributed by atoms with Crippen LogP contribution in [-0.2, 0) is 9.05 Å². The molecular weight excluding hydrogens is 357 g/mol. The van der Waals surface area contributed by atoms with Crippen molar-refractivity contribution < 1.29 is 13.2 Å². The Morgan fingerprint density at radius 3 is 2.48 bits per heavy atom. The molecule has 1 atom stereocenters. The standard InChI is InChI=1S/C13H16Cl3NO3S/c1-3-4-5-8(2)17-13(18)9-6-10(14)12(15)11(7-9)21(16,19)20/h6-8H,3-5H2,1-2H3,(H,17,18). The van der Waals surface area contributed by atoms with Crippen molar-refractivity contribution in [3.8, 4) is 0 Å². The fraction of sp³-hybridized carbons (Fsp3) is 0.462. The number of carbonyl (C=O) groups excluding carboxylic acids is 1. The van der Waals surface area contributed by atoms with Gasteiger partial charge in [0.1, 0.15) is 4.90 Å². The van der Waals surface area contributed by atoms with Crippen molar-refractivity contribution in [3.05, 3.63) is 27.7 Å². The Labute approximate surface area is 139 Å². The van der Waals surface area contributed by atoms with Crippen molar-refractivity contribution in [3.63, 3.8) is 0 Å². The van der Waals surface area contributed by atoms with E-state index < -0.39 is 15.0 Å². The predicted octanol–water partition coefficient (Wildman–Crippen LogP) is 4.23. The molecule has 0 saturated carbocycles. The van der Waals surface area contributed by atoms with Crippen molar-refractivity contribution in [2.75, 3.05) is 0 Å². The summed E-state index contributed by atoms with van der Waals surface area (Å²) < 4.78 is 22.9. The van der Waals surface area contributed by atoms with Gasteiger partial charge in [-0.05, 0) is 25.5 Å². The van der Waals surface area contributed by atoms with Gasteiger partial charge in [-0.1, -0.05) is 43.0 Å². The third-order valence-corrected chi connectivity index (χ3v) is 5.15. The molecule has 1 unspecified atom stereocenters. The largest absolute Gasteiger partial charge is 0.350 e. The molecule has 0 aliphatic carbocycles. The first kappa shape index (κ1) is 18.6. The van der Waals surface area contributed by atoms with Crippen LogP contribution in [-0.4, -0.2) is 20.4 Å². The lowest BCUT2D eigenvalue weighted by Gasteiger charge is -2.14. The minimum Gasteiger partial charge on any atom is -0.350 e. The molecule has 0 bridgehead atoms. The van der Waals surface area contributed by atoms with Crippen molar-refractivity contribution in [2.45, 2.75) is 44.0 Å². The average Bonchev–Trinajstić information content (AvgIpc) is 2.37. The summed E-state index contributed by atoms with van der Waals surface area (Å²) in [4.78, 5) is 11.7. The number of nitrogens with one attached hydrogen (secondary N) is 1. The van der Waals surface area contributed by atoms with Gasteiger partial charge in [0, 0.05) is 22.3 Å². The van der Waals surface area contributed by atoms with Gasteiger partial charge >= 0.3 is 0 Å². The maximum atomic E-state index is 12.1. The first-order valence-corrected chi connectivity index (χ1v) is 9.48. The smallest absolute Gasteiger partial charge is 0.262 e. The van der Waals surface area contributed by atoms with E-state index in [1.165, 1.54) is 6.07 Å². The van der Waals surface area contributed by atoms with E-state index in [1.807, 2.05) is 6.92 Å². The summed E-state index contributed by atoms with van der Waals surface area (Å²) >= 11 is 11.7. The lowest BCUT2D eigenvalue weighted by Crippen LogP contribution is -2.32. The van der Waals surface area contributed by atoms with Crippen LogP contribution in [0.1, 0.15) is 43.5 Å². The summed E-state index contributed by atoms with van der Waals surface area (Å²) in [6.07, 6.45) is 2.86. The first-order chi connectivity index (χ1) is 9.66. The molecule has 4 nitrogen and oxygen atoms in total. The molecule has 0 heterocycles. The van der Waals surface area contributed by atoms with Crippen LogP contribution in [0.5, 0.6) is 0 Å². The van der Waals surface area contributed by atoms with Crippen LogP contribution in [0, 0.1) is 0 Å². The molecule has 0 fully saturated rings. The van der Waals surface area contributed by atoms with Crippen molar-refractivity contribution in [2.24, 2.45) is 0 Å². The monoisotopic (exact) mass is 371 g/mol. The molecular formula is C13H16Cl3NO3S. The van der Waals surface area contributed by atoms with E-state index in [1.54, 1.807) is 0 Å². The number of unbranched alkanes of at least 4 members (excludes halogenated alkanes) is 1. The van der Waals surface area contributed by atoms with Gasteiger partial charge in [0.05, 0.1) is 10.0 Å². The Bertz CT molecular complexity index is 632. The highest BCUT2D eigenvalue weighted by Crippen LogP contribution is 2.32. The normalized spacial score (nSPS) is 13.0. The molecule has 118 valence electrons. The highest BCUT2D eigenvalue weighted by molar-refractivity contribution is 8.13. The number of benzene rings is 1. The van der Waals surface area contributed by atoms with E-state index in [2.05, 4.69) is 12.2 Å². The van der Waals surface area contributed by atoms with Gasteiger partial charge in [0.15, 0.2) is 0 Å². The zero-order chi connectivity index (χ0) is 16.2. The van der Waals surface area contributed by atoms with E-state index in [-0.39, 0.29) is 26.5 Å². The fourth-order valence-electron chi connectivity index (χ4n) is 1.76. The highest BCUT2D eigenvalue weighted by atomic mass is 35.7. The Morgan fingerprint density at radius 1 is 1.33 bits per heavy atom. The van der Waals surface area contributed by atoms with Crippen molar-refractivity contribution >= 4 is 48.8 Å². The molecule has 8 heteroatoms. The zero-order valence-electron chi connectivity index (χ0n) is 11.6. The van der Waals surface area contributed by atoms with Gasteiger partial charge in [-0.3, -0.25) is 4.79 Å². The summed E-state index contributed by atoms with van der Waals surface area (Å²) in [6.45, 7) is 3.94. The number of halogens is 3. The Balaban J connectivity index is 3.04. The minimum atomic E-state index is -4.08. The Morgan fingerprint density at radius 2 is 1.95 bits per heavy atom. The van der Waals surface area contributed by atoms with Crippen LogP contribution in [0.15, 0.2) is 17.0 Å². The number of rotatable bonds is 6. The van der Waals surface area contributed by atoms with E-state index in [9.17, 15) is 13.2 Å². The highest BCUT2D eigenvalue weighted by Gasteiger charge is 2.21. The van der Waals surface area contributed by atoms with Gasteiger partial charge in [-0.15, -0.1) is 0 Å². The molecule has 0 aliphatic heterocycles. The minimum absolute atomic E-state index is 0.0250. The SMILES string of the molecule is CCCCC(C)NC(=O)c1cc(Cl)c(Cl)c(S(=O)(=O)Cl)c1. The van der Waals surface area contributed by atoms with Gasteiger partial charge in [-0.2, -0.15) is 0 Å². The molecule has 1 aromatic carbocycles. The van der Waals surface area contributed by atoms with Gasteiger partial charge in [0.2, 0.25) is 0 Å². The quantitative estimate of drug-likeness (QED) is 0.760. The third kappa shape index (κ3) is 5.33. The van der Waals surface area contributed by atoms with E-state index >= 15 is 0 Å². The van der Waals surface area contributed by atoms with E-state index in [4.69, 9.17) is 33.9 Å². The van der Waals surface area contributed by atoms with Gasteiger partial charge < -0.3 is 5.32 Å². The summed E-state index contributed by atoms with van der Waals surface area (Å²) in [5.74, 6) is -0.418. The molecule has 1 amide bonds. The molecule has 1 aromatic rings. The van der Waals surface area contributed by atoms with Crippen LogP contribution in [0.4, 0.5) is 0 Å². The number of carbonyl (C=O) groups is 1. The molecule has 1 rings (SSSR count). The lowest BCUT2D eigenvalue weighted by molar-refractivity contribution is 0.0938. The topological polar surface area (TPSA) is 63.2 Å². The van der Waals surface area contributed by atoms with Gasteiger partial charge in [0.25, 0.3) is 15.0 Å². The molecule has 1 N–H and O–H groups in total. The van der Waals surface area contributed by atoms with Crippen LogP contribution < -0.4 is 5.32 Å². The van der Waals surface area contributed by atoms with Crippen LogP contribution in [0.3, 0.4) is 0 Å². The van der Waals surface area contributed by atoms with E-state index in [0.29, 0.717) is 0 Å². The summed E-state index contributed by atoms with van der Waals surface area (Å²) in [5, 5.41) is 2.55. The van der Waals surface area contributed by atoms with Crippen molar-refractivity contribution in [1.29, 1.82) is 0 Å². The Hall–Kier alpha value is -0.490.